The number of hydrogen-bond donors (Lipinski definition) is 0. The fourth-order valence-corrected chi connectivity index (χ4v) is 2.79. The smallest absolute Gasteiger partial charge is 0.339 e. The molecule has 0 amide bonds. The number of nitro benzene ring substituents is 1. The number of ether oxygens (including phenoxy) is 2. The number of hydrogen-bond acceptors (Lipinski definition) is 5. The molecule has 8 heteroatoms. The summed E-state index contributed by atoms with van der Waals surface area (Å²) >= 11 is 11.8. The van der Waals surface area contributed by atoms with Crippen LogP contribution in [0.3, 0.4) is 0 Å². The molecule has 0 saturated heterocycles. The van der Waals surface area contributed by atoms with Gasteiger partial charge < -0.3 is 9.47 Å². The van der Waals surface area contributed by atoms with Crippen LogP contribution in [0.15, 0.2) is 66.7 Å². The Labute approximate surface area is 170 Å². The SMILES string of the molecule is O=C(OCc1ccc(Oc2ccc([N+](=O)[O-])cc2)cc1)c1ccc(Cl)cc1Cl. The number of carbonyl (C=O) groups is 1. The third kappa shape index (κ3) is 5.00. The van der Waals surface area contributed by atoms with Gasteiger partial charge in [-0.05, 0) is 48.0 Å². The lowest BCUT2D eigenvalue weighted by molar-refractivity contribution is -0.384. The summed E-state index contributed by atoms with van der Waals surface area (Å²) in [4.78, 5) is 22.3. The standard InChI is InChI=1S/C20H13Cl2NO5/c21-14-3-10-18(19(22)11-14)20(24)27-12-13-1-6-16(7-2-13)28-17-8-4-15(5-9-17)23(25)26/h1-11H,12H2. The summed E-state index contributed by atoms with van der Waals surface area (Å²) in [6, 6.07) is 17.2. The highest BCUT2D eigenvalue weighted by molar-refractivity contribution is 6.36. The monoisotopic (exact) mass is 417 g/mol. The average molecular weight is 418 g/mol. The van der Waals surface area contributed by atoms with Crippen molar-refractivity contribution in [2.45, 2.75) is 6.61 Å². The molecule has 0 fully saturated rings. The van der Waals surface area contributed by atoms with E-state index in [9.17, 15) is 14.9 Å². The van der Waals surface area contributed by atoms with E-state index in [0.29, 0.717) is 16.5 Å². The van der Waals surface area contributed by atoms with Crippen LogP contribution >= 0.6 is 23.2 Å². The van der Waals surface area contributed by atoms with E-state index < -0.39 is 10.9 Å². The molecule has 0 bridgehead atoms. The van der Waals surface area contributed by atoms with Gasteiger partial charge in [-0.25, -0.2) is 4.79 Å². The molecule has 0 spiro atoms. The van der Waals surface area contributed by atoms with Gasteiger partial charge in [-0.1, -0.05) is 35.3 Å². The number of nitro groups is 1. The van der Waals surface area contributed by atoms with Gasteiger partial charge in [0, 0.05) is 17.2 Å². The quantitative estimate of drug-likeness (QED) is 0.277. The number of carbonyl (C=O) groups excluding carboxylic acids is 1. The van der Waals surface area contributed by atoms with Crippen LogP contribution in [-0.4, -0.2) is 10.9 Å². The van der Waals surface area contributed by atoms with E-state index in [1.54, 1.807) is 30.3 Å². The maximum atomic E-state index is 12.1. The van der Waals surface area contributed by atoms with Crippen molar-refractivity contribution in [3.8, 4) is 11.5 Å². The summed E-state index contributed by atoms with van der Waals surface area (Å²) in [6.45, 7) is 0.0651. The van der Waals surface area contributed by atoms with Gasteiger partial charge in [0.1, 0.15) is 18.1 Å². The normalized spacial score (nSPS) is 10.4. The van der Waals surface area contributed by atoms with Crippen LogP contribution in [0.1, 0.15) is 15.9 Å². The molecule has 0 heterocycles. The molecule has 3 aromatic carbocycles. The first-order valence-electron chi connectivity index (χ1n) is 8.06. The van der Waals surface area contributed by atoms with Crippen molar-refractivity contribution in [2.75, 3.05) is 0 Å². The number of nitrogens with zero attached hydrogens (tertiary/aromatic N) is 1. The lowest BCUT2D eigenvalue weighted by Gasteiger charge is -2.08. The van der Waals surface area contributed by atoms with Crippen molar-refractivity contribution in [1.82, 2.24) is 0 Å². The second-order valence-electron chi connectivity index (χ2n) is 5.70. The molecule has 0 radical (unpaired) electrons. The van der Waals surface area contributed by atoms with Gasteiger partial charge in [-0.3, -0.25) is 10.1 Å². The minimum Gasteiger partial charge on any atom is -0.457 e. The highest BCUT2D eigenvalue weighted by Gasteiger charge is 2.12. The van der Waals surface area contributed by atoms with Crippen LogP contribution in [-0.2, 0) is 11.3 Å². The third-order valence-electron chi connectivity index (χ3n) is 3.73. The summed E-state index contributed by atoms with van der Waals surface area (Å²) in [5, 5.41) is 11.3. The van der Waals surface area contributed by atoms with Gasteiger partial charge in [-0.2, -0.15) is 0 Å². The lowest BCUT2D eigenvalue weighted by Crippen LogP contribution is -2.05. The molecule has 0 unspecified atom stereocenters. The van der Waals surface area contributed by atoms with Crippen LogP contribution in [0.5, 0.6) is 11.5 Å². The van der Waals surface area contributed by atoms with Crippen LogP contribution in [0.2, 0.25) is 10.0 Å². The van der Waals surface area contributed by atoms with Gasteiger partial charge in [0.05, 0.1) is 15.5 Å². The molecule has 0 N–H and O–H groups in total. The zero-order valence-electron chi connectivity index (χ0n) is 14.3. The Morgan fingerprint density at radius 1 is 0.929 bits per heavy atom. The van der Waals surface area contributed by atoms with E-state index >= 15 is 0 Å². The lowest BCUT2D eigenvalue weighted by atomic mass is 10.2. The van der Waals surface area contributed by atoms with Gasteiger partial charge in [-0.15, -0.1) is 0 Å². The minimum atomic E-state index is -0.548. The second-order valence-corrected chi connectivity index (χ2v) is 6.54. The number of benzene rings is 3. The van der Waals surface area contributed by atoms with Crippen molar-refractivity contribution in [3.05, 3.63) is 98.0 Å². The van der Waals surface area contributed by atoms with Crippen molar-refractivity contribution in [2.24, 2.45) is 0 Å². The Morgan fingerprint density at radius 3 is 2.11 bits per heavy atom. The highest BCUT2D eigenvalue weighted by Crippen LogP contribution is 2.25. The first-order chi connectivity index (χ1) is 13.4. The predicted molar refractivity (Wildman–Crippen MR) is 105 cm³/mol. The van der Waals surface area contributed by atoms with Gasteiger partial charge >= 0.3 is 5.97 Å². The van der Waals surface area contributed by atoms with Crippen LogP contribution in [0, 0.1) is 10.1 Å². The first kappa shape index (κ1) is 19.7. The summed E-state index contributed by atoms with van der Waals surface area (Å²) in [6.07, 6.45) is 0. The average Bonchev–Trinajstić information content (AvgIpc) is 2.67. The second kappa shape index (κ2) is 8.73. The molecule has 0 aliphatic rings. The molecule has 3 rings (SSSR count). The molecule has 0 atom stereocenters. The summed E-state index contributed by atoms with van der Waals surface area (Å²) in [5.41, 5.74) is 0.990. The first-order valence-corrected chi connectivity index (χ1v) is 8.81. The van der Waals surface area contributed by atoms with E-state index in [1.165, 1.54) is 36.4 Å². The van der Waals surface area contributed by atoms with Crippen LogP contribution in [0.4, 0.5) is 5.69 Å². The van der Waals surface area contributed by atoms with Gasteiger partial charge in [0.15, 0.2) is 0 Å². The van der Waals surface area contributed by atoms with E-state index in [0.717, 1.165) is 5.56 Å². The van der Waals surface area contributed by atoms with Crippen molar-refractivity contribution in [1.29, 1.82) is 0 Å². The Hall–Kier alpha value is -3.09. The fraction of sp³-hybridized carbons (Fsp3) is 0.0500. The number of non-ortho nitro benzene ring substituents is 1. The zero-order chi connectivity index (χ0) is 20.1. The molecule has 0 saturated carbocycles. The largest absolute Gasteiger partial charge is 0.457 e. The Kier molecular flexibility index (Phi) is 6.13. The molecular formula is C20H13Cl2NO5. The Bertz CT molecular complexity index is 1000. The summed E-state index contributed by atoms with van der Waals surface area (Å²) in [7, 11) is 0. The van der Waals surface area contributed by atoms with Gasteiger partial charge in [0.25, 0.3) is 5.69 Å². The van der Waals surface area contributed by atoms with Crippen molar-refractivity contribution < 1.29 is 19.2 Å². The highest BCUT2D eigenvalue weighted by atomic mass is 35.5. The number of esters is 1. The topological polar surface area (TPSA) is 78.7 Å². The summed E-state index contributed by atoms with van der Waals surface area (Å²) in [5.74, 6) is 0.472. The number of rotatable bonds is 6. The third-order valence-corrected chi connectivity index (χ3v) is 4.28. The predicted octanol–water partition coefficient (Wildman–Crippen LogP) is 6.05. The Morgan fingerprint density at radius 2 is 1.54 bits per heavy atom. The molecule has 0 aliphatic heterocycles. The summed E-state index contributed by atoms with van der Waals surface area (Å²) < 4.78 is 10.9. The van der Waals surface area contributed by atoms with E-state index in [2.05, 4.69) is 0 Å². The molecule has 6 nitrogen and oxygen atoms in total. The molecule has 3 aromatic rings. The van der Waals surface area contributed by atoms with E-state index in [-0.39, 0.29) is 22.9 Å². The molecule has 0 aliphatic carbocycles. The van der Waals surface area contributed by atoms with Gasteiger partial charge in [0.2, 0.25) is 0 Å². The molecule has 28 heavy (non-hydrogen) atoms. The molecule has 142 valence electrons. The van der Waals surface area contributed by atoms with Crippen LogP contribution in [0.25, 0.3) is 0 Å². The van der Waals surface area contributed by atoms with Crippen molar-refractivity contribution in [3.63, 3.8) is 0 Å². The maximum Gasteiger partial charge on any atom is 0.339 e. The zero-order valence-corrected chi connectivity index (χ0v) is 15.8. The molecule has 0 aromatic heterocycles. The fourth-order valence-electron chi connectivity index (χ4n) is 2.31. The van der Waals surface area contributed by atoms with E-state index in [4.69, 9.17) is 32.7 Å². The number of halogens is 2. The molecular weight excluding hydrogens is 405 g/mol. The maximum absolute atomic E-state index is 12.1. The van der Waals surface area contributed by atoms with Crippen molar-refractivity contribution >= 4 is 34.9 Å². The minimum absolute atomic E-state index is 0.00898. The Balaban J connectivity index is 1.58. The van der Waals surface area contributed by atoms with Crippen LogP contribution < -0.4 is 4.74 Å². The van der Waals surface area contributed by atoms with E-state index in [1.807, 2.05) is 0 Å².